The van der Waals surface area contributed by atoms with E-state index in [2.05, 4.69) is 38.8 Å². The molecule has 0 saturated carbocycles. The Morgan fingerprint density at radius 3 is 2.33 bits per heavy atom. The summed E-state index contributed by atoms with van der Waals surface area (Å²) < 4.78 is 38.4. The zero-order valence-electron chi connectivity index (χ0n) is 28.6. The van der Waals surface area contributed by atoms with Crippen LogP contribution in [-0.4, -0.2) is 68.5 Å². The summed E-state index contributed by atoms with van der Waals surface area (Å²) in [6.45, 7) is 11.2. The molecule has 2 atom stereocenters. The van der Waals surface area contributed by atoms with Crippen molar-refractivity contribution in [2.45, 2.75) is 68.8 Å². The van der Waals surface area contributed by atoms with Crippen LogP contribution < -0.4 is 4.74 Å². The quantitative estimate of drug-likeness (QED) is 0.117. The van der Waals surface area contributed by atoms with Crippen LogP contribution in [0.4, 0.5) is 4.79 Å². The van der Waals surface area contributed by atoms with E-state index in [1.807, 2.05) is 42.5 Å². The number of fused-ring (bicyclic) bond motifs is 1. The maximum atomic E-state index is 12.8. The highest BCUT2D eigenvalue weighted by Crippen LogP contribution is 2.40. The van der Waals surface area contributed by atoms with E-state index in [9.17, 15) is 23.1 Å². The minimum absolute atomic E-state index is 0.0538. The molecule has 5 rings (SSSR count). The molecule has 9 nitrogen and oxygen atoms in total. The number of amides is 1. The molecule has 1 aliphatic heterocycles. The number of carboxylic acid groups (broad SMARTS) is 1. The van der Waals surface area contributed by atoms with E-state index in [-0.39, 0.29) is 29.1 Å². The van der Waals surface area contributed by atoms with Gasteiger partial charge >= 0.3 is 6.09 Å². The van der Waals surface area contributed by atoms with E-state index >= 15 is 0 Å². The molecule has 1 aromatic heterocycles. The number of carbonyl (C=O) groups is 2. The van der Waals surface area contributed by atoms with Crippen molar-refractivity contribution in [1.82, 2.24) is 9.88 Å². The summed E-state index contributed by atoms with van der Waals surface area (Å²) in [6, 6.07) is 24.5. The van der Waals surface area contributed by atoms with E-state index in [0.717, 1.165) is 22.3 Å². The number of pyridine rings is 1. The molecular formula is C38H44N2O7SSi. The first kappa shape index (κ1) is 36.0. The normalized spacial score (nSPS) is 15.5. The Morgan fingerprint density at radius 2 is 1.69 bits per heavy atom. The van der Waals surface area contributed by atoms with Crippen LogP contribution in [-0.2, 0) is 20.7 Å². The van der Waals surface area contributed by atoms with E-state index in [1.165, 1.54) is 17.0 Å². The molecule has 1 N–H and O–H groups in total. The van der Waals surface area contributed by atoms with Crippen LogP contribution in [0.1, 0.15) is 54.8 Å². The number of hydrogen-bond donors (Lipinski definition) is 1. The fraction of sp³-hybridized carbons (Fsp3) is 0.342. The molecule has 258 valence electrons. The van der Waals surface area contributed by atoms with Crippen LogP contribution in [0.3, 0.4) is 0 Å². The maximum absolute atomic E-state index is 12.8. The molecule has 49 heavy (non-hydrogen) atoms. The van der Waals surface area contributed by atoms with Crippen molar-refractivity contribution in [2.75, 3.05) is 18.8 Å². The Morgan fingerprint density at radius 1 is 1.00 bits per heavy atom. The lowest BCUT2D eigenvalue weighted by atomic mass is 9.96. The van der Waals surface area contributed by atoms with Crippen LogP contribution in [0.2, 0.25) is 18.1 Å². The van der Waals surface area contributed by atoms with Gasteiger partial charge in [-0.15, -0.1) is 0 Å². The summed E-state index contributed by atoms with van der Waals surface area (Å²) in [5.74, 6) is -0.348. The van der Waals surface area contributed by atoms with Crippen molar-refractivity contribution in [3.63, 3.8) is 0 Å². The molecule has 0 aliphatic carbocycles. The number of aryl methyl sites for hydroxylation is 1. The molecule has 0 bridgehead atoms. The smallest absolute Gasteiger partial charge is 0.407 e. The van der Waals surface area contributed by atoms with E-state index in [4.69, 9.17) is 9.16 Å². The number of rotatable bonds is 12. The number of aromatic nitrogens is 1. The molecule has 1 amide bonds. The van der Waals surface area contributed by atoms with Gasteiger partial charge in [0.05, 0.1) is 24.1 Å². The Hall–Kier alpha value is -4.32. The lowest BCUT2D eigenvalue weighted by Gasteiger charge is -2.40. The Labute approximate surface area is 290 Å². The first-order valence-electron chi connectivity index (χ1n) is 16.4. The highest BCUT2D eigenvalue weighted by molar-refractivity contribution is 7.92. The number of hydrogen-bond acceptors (Lipinski definition) is 7. The van der Waals surface area contributed by atoms with Crippen molar-refractivity contribution in [3.8, 4) is 16.9 Å². The second-order valence-corrected chi connectivity index (χ2v) is 20.8. The first-order chi connectivity index (χ1) is 23.1. The molecule has 0 fully saturated rings. The third-order valence-electron chi connectivity index (χ3n) is 9.43. The Bertz CT molecular complexity index is 1880. The SMILES string of the molecule is CC(C)(C)[Si](C)(C)O[C@H](CN(C[C@H]1CCc2cc(-c3ccc(C(=O)CS(=O)(=O)c4ccccc4)cc3)ccc2O1)C(=O)O)c1cccnc1. The van der Waals surface area contributed by atoms with Crippen molar-refractivity contribution >= 4 is 30.0 Å². The lowest BCUT2D eigenvalue weighted by molar-refractivity contribution is 0.0688. The molecule has 4 aromatic rings. The molecule has 0 saturated heterocycles. The fourth-order valence-electron chi connectivity index (χ4n) is 5.55. The number of carbonyl (C=O) groups excluding carboxylic acids is 1. The number of ketones is 1. The van der Waals surface area contributed by atoms with Crippen LogP contribution in [0.15, 0.2) is 102 Å². The molecule has 1 aliphatic rings. The monoisotopic (exact) mass is 700 g/mol. The zero-order chi connectivity index (χ0) is 35.4. The Balaban J connectivity index is 1.25. The number of benzene rings is 3. The van der Waals surface area contributed by atoms with Gasteiger partial charge in [0.15, 0.2) is 23.9 Å². The summed E-state index contributed by atoms with van der Waals surface area (Å²) >= 11 is 0. The van der Waals surface area contributed by atoms with Gasteiger partial charge in [0, 0.05) is 18.0 Å². The van der Waals surface area contributed by atoms with Gasteiger partial charge < -0.3 is 19.2 Å². The summed E-state index contributed by atoms with van der Waals surface area (Å²) in [5.41, 5.74) is 4.00. The molecule has 2 heterocycles. The molecule has 3 aromatic carbocycles. The number of sulfone groups is 1. The Kier molecular flexibility index (Phi) is 10.8. The van der Waals surface area contributed by atoms with Gasteiger partial charge in [0.1, 0.15) is 17.6 Å². The topological polar surface area (TPSA) is 123 Å². The standard InChI is InChI=1S/C38H44N2O7SSi/c1-38(2,3)49(4,5)47-36(31-10-9-21-39-23-31)25-40(37(42)43)24-32-19-17-30-22-29(18-20-35(30)46-32)27-13-15-28(16-14-27)34(41)26-48(44,45)33-11-7-6-8-12-33/h6-16,18,20-23,32,36H,17,19,24-26H2,1-5H3,(H,42,43)/t32-,36-/m1/s1. The van der Waals surface area contributed by atoms with Crippen LogP contribution in [0.25, 0.3) is 11.1 Å². The summed E-state index contributed by atoms with van der Waals surface area (Å²) in [4.78, 5) is 31.1. The summed E-state index contributed by atoms with van der Waals surface area (Å²) in [6.07, 6.45) is 2.97. The average Bonchev–Trinajstić information content (AvgIpc) is 3.07. The van der Waals surface area contributed by atoms with Gasteiger partial charge in [0.25, 0.3) is 0 Å². The molecule has 0 unspecified atom stereocenters. The highest BCUT2D eigenvalue weighted by atomic mass is 32.2. The van der Waals surface area contributed by atoms with Crippen LogP contribution in [0.5, 0.6) is 5.75 Å². The van der Waals surface area contributed by atoms with E-state index < -0.39 is 41.9 Å². The van der Waals surface area contributed by atoms with Gasteiger partial charge in [-0.1, -0.05) is 75.4 Å². The second kappa shape index (κ2) is 14.7. The number of ether oxygens (including phenoxy) is 1. The third-order valence-corrected chi connectivity index (χ3v) is 15.6. The third kappa shape index (κ3) is 8.83. The molecule has 0 radical (unpaired) electrons. The molecule has 11 heteroatoms. The van der Waals surface area contributed by atoms with Crippen molar-refractivity contribution < 1.29 is 32.3 Å². The van der Waals surface area contributed by atoms with Gasteiger partial charge in [-0.2, -0.15) is 0 Å². The maximum Gasteiger partial charge on any atom is 0.407 e. The molecular weight excluding hydrogens is 657 g/mol. The van der Waals surface area contributed by atoms with E-state index in [1.54, 1.807) is 42.7 Å². The van der Waals surface area contributed by atoms with Gasteiger partial charge in [-0.25, -0.2) is 13.2 Å². The number of Topliss-reactive ketones (excluding diaryl/α,β-unsaturated/α-hetero) is 1. The summed E-state index contributed by atoms with van der Waals surface area (Å²) in [7, 11) is -5.97. The number of nitrogens with zero attached hydrogens (tertiary/aromatic N) is 2. The van der Waals surface area contributed by atoms with Crippen molar-refractivity contribution in [1.29, 1.82) is 0 Å². The second-order valence-electron chi connectivity index (χ2n) is 14.0. The zero-order valence-corrected chi connectivity index (χ0v) is 30.4. The van der Waals surface area contributed by atoms with E-state index in [0.29, 0.717) is 24.2 Å². The van der Waals surface area contributed by atoms with Crippen molar-refractivity contribution in [2.24, 2.45) is 0 Å². The van der Waals surface area contributed by atoms with Crippen molar-refractivity contribution in [3.05, 3.63) is 114 Å². The van der Waals surface area contributed by atoms with Crippen LogP contribution in [0, 0.1) is 0 Å². The van der Waals surface area contributed by atoms with Gasteiger partial charge in [-0.3, -0.25) is 9.78 Å². The molecule has 0 spiro atoms. The predicted octanol–water partition coefficient (Wildman–Crippen LogP) is 7.84. The predicted molar refractivity (Wildman–Crippen MR) is 192 cm³/mol. The first-order valence-corrected chi connectivity index (χ1v) is 21.0. The minimum atomic E-state index is -3.74. The average molecular weight is 701 g/mol. The van der Waals surface area contributed by atoms with Crippen LogP contribution >= 0.6 is 0 Å². The van der Waals surface area contributed by atoms with Gasteiger partial charge in [-0.05, 0) is 83.6 Å². The largest absolute Gasteiger partial charge is 0.488 e. The summed E-state index contributed by atoms with van der Waals surface area (Å²) in [5, 5.41) is 10.2. The van der Waals surface area contributed by atoms with Gasteiger partial charge in [0.2, 0.25) is 0 Å². The fourth-order valence-corrected chi connectivity index (χ4v) is 8.08. The highest BCUT2D eigenvalue weighted by Gasteiger charge is 2.40. The lowest BCUT2D eigenvalue weighted by Crippen LogP contribution is -2.46. The minimum Gasteiger partial charge on any atom is -0.488 e.